The summed E-state index contributed by atoms with van der Waals surface area (Å²) in [6.45, 7) is 2.85. The standard InChI is InChI=1S/C35H35F3N12O6S/c1-46(57(2,55)56)30-27(39-10-11-40-30)19-41-29-26(35(36,37)38)18-42-33(45-29)43-22-4-6-23(7-5-22)48-15-13-47(14-16-48)20-21-3-8-24-25(17-21)32(53)50(31(24)52)49-12-9-28(51)44-34(49)54/h3-8,10-11,17-18H,9,12-16,19-20H2,1-2H3,(H,44,51,54)(H2,41,42,43,45). The summed E-state index contributed by atoms with van der Waals surface area (Å²) in [6, 6.07) is 11.4. The van der Waals surface area contributed by atoms with Gasteiger partial charge >= 0.3 is 12.2 Å². The van der Waals surface area contributed by atoms with Crippen molar-refractivity contribution in [2.24, 2.45) is 0 Å². The van der Waals surface area contributed by atoms with Crippen LogP contribution in [0.3, 0.4) is 0 Å². The second kappa shape index (κ2) is 15.3. The highest BCUT2D eigenvalue weighted by Crippen LogP contribution is 2.35. The molecule has 57 heavy (non-hydrogen) atoms. The van der Waals surface area contributed by atoms with Crippen LogP contribution in [0.15, 0.2) is 61.1 Å². The van der Waals surface area contributed by atoms with E-state index in [-0.39, 0.29) is 48.1 Å². The maximum atomic E-state index is 13.9. The number of aromatic nitrogens is 4. The van der Waals surface area contributed by atoms with Crippen molar-refractivity contribution >= 4 is 62.7 Å². The summed E-state index contributed by atoms with van der Waals surface area (Å²) < 4.78 is 66.7. The van der Waals surface area contributed by atoms with Crippen LogP contribution in [-0.4, -0.2) is 113 Å². The van der Waals surface area contributed by atoms with Crippen LogP contribution in [0.4, 0.5) is 46.9 Å². The highest BCUT2D eigenvalue weighted by molar-refractivity contribution is 7.92. The molecular formula is C35H35F3N12O6S. The molecule has 0 spiro atoms. The van der Waals surface area contributed by atoms with Crippen LogP contribution in [0.25, 0.3) is 0 Å². The number of halogens is 3. The minimum atomic E-state index is -4.79. The van der Waals surface area contributed by atoms with Gasteiger partial charge in [-0.05, 0) is 42.0 Å². The average molecular weight is 809 g/mol. The quantitative estimate of drug-likeness (QED) is 0.187. The van der Waals surface area contributed by atoms with E-state index in [0.717, 1.165) is 31.8 Å². The van der Waals surface area contributed by atoms with Gasteiger partial charge in [0.15, 0.2) is 5.82 Å². The fraction of sp³-hybridized carbons (Fsp3) is 0.314. The highest BCUT2D eigenvalue weighted by atomic mass is 32.2. The van der Waals surface area contributed by atoms with Crippen LogP contribution < -0.4 is 25.2 Å². The molecule has 2 saturated heterocycles. The Morgan fingerprint density at radius 1 is 0.895 bits per heavy atom. The minimum absolute atomic E-state index is 0.0281. The van der Waals surface area contributed by atoms with Gasteiger partial charge in [0.05, 0.1) is 30.5 Å². The lowest BCUT2D eigenvalue weighted by molar-refractivity contribution is -0.137. The monoisotopic (exact) mass is 808 g/mol. The predicted octanol–water partition coefficient (Wildman–Crippen LogP) is 2.81. The normalized spacial score (nSPS) is 16.5. The molecule has 0 aliphatic carbocycles. The Labute approximate surface area is 323 Å². The largest absolute Gasteiger partial charge is 0.421 e. The molecule has 298 valence electrons. The lowest BCUT2D eigenvalue weighted by Crippen LogP contribution is -2.58. The molecule has 2 aromatic heterocycles. The first-order valence-electron chi connectivity index (χ1n) is 17.5. The maximum absolute atomic E-state index is 13.9. The van der Waals surface area contributed by atoms with E-state index in [9.17, 15) is 40.8 Å². The summed E-state index contributed by atoms with van der Waals surface area (Å²) in [7, 11) is -2.46. The van der Waals surface area contributed by atoms with Crippen LogP contribution >= 0.6 is 0 Å². The molecule has 0 saturated carbocycles. The number of urea groups is 1. The van der Waals surface area contributed by atoms with Crippen LogP contribution in [0.5, 0.6) is 0 Å². The number of alkyl halides is 3. The molecule has 3 N–H and O–H groups in total. The molecule has 3 aliphatic rings. The number of carbonyl (C=O) groups excluding carboxylic acids is 4. The number of fused-ring (bicyclic) bond motifs is 1. The number of benzene rings is 2. The van der Waals surface area contributed by atoms with Crippen LogP contribution in [0.1, 0.15) is 44.0 Å². The van der Waals surface area contributed by atoms with Crippen LogP contribution in [0.2, 0.25) is 0 Å². The van der Waals surface area contributed by atoms with E-state index < -0.39 is 51.3 Å². The molecule has 5 heterocycles. The average Bonchev–Trinajstić information content (AvgIpc) is 3.41. The van der Waals surface area contributed by atoms with Gasteiger partial charge in [-0.15, -0.1) is 0 Å². The molecule has 0 atom stereocenters. The topological polar surface area (TPSA) is 206 Å². The number of anilines is 5. The Balaban J connectivity index is 0.957. The summed E-state index contributed by atoms with van der Waals surface area (Å²) in [6.07, 6.45) is -0.633. The van der Waals surface area contributed by atoms with Crippen molar-refractivity contribution in [2.45, 2.75) is 25.7 Å². The fourth-order valence-electron chi connectivity index (χ4n) is 6.50. The Hall–Kier alpha value is -6.42. The van der Waals surface area contributed by atoms with Crippen molar-refractivity contribution in [3.8, 4) is 0 Å². The number of rotatable bonds is 11. The van der Waals surface area contributed by atoms with E-state index in [1.807, 2.05) is 12.1 Å². The number of amides is 5. The van der Waals surface area contributed by atoms with Gasteiger partial charge in [0, 0.05) is 76.2 Å². The Kier molecular flexibility index (Phi) is 10.4. The number of hydrazine groups is 1. The zero-order valence-electron chi connectivity index (χ0n) is 30.4. The molecule has 0 unspecified atom stereocenters. The van der Waals surface area contributed by atoms with E-state index in [2.05, 4.69) is 45.7 Å². The molecule has 3 aliphatic heterocycles. The zero-order chi connectivity index (χ0) is 40.6. The van der Waals surface area contributed by atoms with Gasteiger partial charge in [0.25, 0.3) is 11.8 Å². The number of nitrogens with one attached hydrogen (secondary N) is 3. The number of piperazine rings is 1. The van der Waals surface area contributed by atoms with Gasteiger partial charge < -0.3 is 15.5 Å². The number of sulfonamides is 1. The molecule has 0 radical (unpaired) electrons. The van der Waals surface area contributed by atoms with Gasteiger partial charge in [-0.3, -0.25) is 33.9 Å². The van der Waals surface area contributed by atoms with Gasteiger partial charge in [-0.2, -0.15) is 23.2 Å². The van der Waals surface area contributed by atoms with E-state index in [4.69, 9.17) is 0 Å². The number of carbonyl (C=O) groups is 4. The van der Waals surface area contributed by atoms with Gasteiger partial charge in [0.1, 0.15) is 17.1 Å². The van der Waals surface area contributed by atoms with Crippen molar-refractivity contribution in [3.05, 3.63) is 89.0 Å². The smallest absolute Gasteiger partial charge is 0.369 e. The summed E-state index contributed by atoms with van der Waals surface area (Å²) in [5.74, 6) is -2.43. The number of hydrogen-bond donors (Lipinski definition) is 3. The lowest BCUT2D eigenvalue weighted by Gasteiger charge is -2.36. The summed E-state index contributed by atoms with van der Waals surface area (Å²) >= 11 is 0. The Morgan fingerprint density at radius 2 is 1.60 bits per heavy atom. The molecule has 2 fully saturated rings. The van der Waals surface area contributed by atoms with E-state index in [1.165, 1.54) is 19.4 Å². The molecule has 4 aromatic rings. The maximum Gasteiger partial charge on any atom is 0.421 e. The van der Waals surface area contributed by atoms with Crippen molar-refractivity contribution in [1.29, 1.82) is 0 Å². The third kappa shape index (κ3) is 8.26. The minimum Gasteiger partial charge on any atom is -0.369 e. The molecule has 7 rings (SSSR count). The van der Waals surface area contributed by atoms with Crippen LogP contribution in [0, 0.1) is 0 Å². The number of imide groups is 2. The summed E-state index contributed by atoms with van der Waals surface area (Å²) in [5, 5.41) is 9.40. The molecule has 0 bridgehead atoms. The van der Waals surface area contributed by atoms with Gasteiger partial charge in [-0.25, -0.2) is 28.2 Å². The molecule has 2 aromatic carbocycles. The van der Waals surface area contributed by atoms with Crippen LogP contribution in [-0.2, 0) is 34.1 Å². The molecular weight excluding hydrogens is 774 g/mol. The van der Waals surface area contributed by atoms with Crippen molar-refractivity contribution in [3.63, 3.8) is 0 Å². The highest BCUT2D eigenvalue weighted by Gasteiger charge is 2.43. The SMILES string of the molecule is CN(c1nccnc1CNc1nc(Nc2ccc(N3CCN(Cc4ccc5c(c4)C(=O)N(N4CCC(=O)NC4=O)C5=O)CC3)cc2)ncc1C(F)(F)F)S(C)(=O)=O. The summed E-state index contributed by atoms with van der Waals surface area (Å²) in [4.78, 5) is 70.5. The van der Waals surface area contributed by atoms with Crippen molar-refractivity contribution in [2.75, 3.05) is 65.9 Å². The first-order valence-corrected chi connectivity index (χ1v) is 19.3. The number of hydrogen-bond acceptors (Lipinski definition) is 14. The Morgan fingerprint density at radius 3 is 2.28 bits per heavy atom. The predicted molar refractivity (Wildman–Crippen MR) is 199 cm³/mol. The van der Waals surface area contributed by atoms with Crippen molar-refractivity contribution < 1.29 is 40.8 Å². The third-order valence-corrected chi connectivity index (χ3v) is 10.7. The first kappa shape index (κ1) is 38.8. The van der Waals surface area contributed by atoms with E-state index >= 15 is 0 Å². The second-order valence-electron chi connectivity index (χ2n) is 13.3. The van der Waals surface area contributed by atoms with Crippen molar-refractivity contribution in [1.82, 2.24) is 40.2 Å². The van der Waals surface area contributed by atoms with E-state index in [1.54, 1.807) is 30.3 Å². The van der Waals surface area contributed by atoms with E-state index in [0.29, 0.717) is 44.6 Å². The Bertz CT molecular complexity index is 2360. The van der Waals surface area contributed by atoms with Gasteiger partial charge in [0.2, 0.25) is 21.9 Å². The second-order valence-corrected chi connectivity index (χ2v) is 15.3. The molecule has 5 amide bonds. The number of nitrogens with zero attached hydrogens (tertiary/aromatic N) is 9. The summed E-state index contributed by atoms with van der Waals surface area (Å²) in [5.41, 5.74) is 1.59. The molecule has 18 nitrogen and oxygen atoms in total. The molecule has 22 heteroatoms. The first-order chi connectivity index (χ1) is 27.1. The van der Waals surface area contributed by atoms with Gasteiger partial charge in [-0.1, -0.05) is 6.07 Å². The fourth-order valence-corrected chi connectivity index (χ4v) is 6.97. The lowest BCUT2D eigenvalue weighted by atomic mass is 10.1. The zero-order valence-corrected chi connectivity index (χ0v) is 31.3. The third-order valence-electron chi connectivity index (χ3n) is 9.53.